The molecule has 0 aromatic carbocycles. The molecule has 1 aliphatic heterocycles. The van der Waals surface area contributed by atoms with Gasteiger partial charge in [0.15, 0.2) is 0 Å². The number of hydrogen-bond donors (Lipinski definition) is 1. The molecule has 0 bridgehead atoms. The van der Waals surface area contributed by atoms with E-state index in [9.17, 15) is 0 Å². The highest BCUT2D eigenvalue weighted by atomic mass is 15.2. The number of rotatable bonds is 5. The highest BCUT2D eigenvalue weighted by Crippen LogP contribution is 2.27. The van der Waals surface area contributed by atoms with Gasteiger partial charge in [0.2, 0.25) is 0 Å². The summed E-state index contributed by atoms with van der Waals surface area (Å²) in [6, 6.07) is 0. The summed E-state index contributed by atoms with van der Waals surface area (Å²) in [5.41, 5.74) is -0.180. The second kappa shape index (κ2) is 6.18. The van der Waals surface area contributed by atoms with Crippen molar-refractivity contribution in [1.82, 2.24) is 4.90 Å². The lowest BCUT2D eigenvalue weighted by atomic mass is 9.88. The summed E-state index contributed by atoms with van der Waals surface area (Å²) in [7, 11) is 0. The zero-order valence-electron chi connectivity index (χ0n) is 13.0. The molecule has 0 saturated heterocycles. The predicted molar refractivity (Wildman–Crippen MR) is 83.6 cm³/mol. The highest BCUT2D eigenvalue weighted by molar-refractivity contribution is 6.01. The van der Waals surface area contributed by atoms with E-state index in [1.54, 1.807) is 4.90 Å². The fourth-order valence-corrected chi connectivity index (χ4v) is 1.66. The van der Waals surface area contributed by atoms with E-state index in [-0.39, 0.29) is 5.54 Å². The van der Waals surface area contributed by atoms with Crippen LogP contribution in [0.3, 0.4) is 0 Å². The summed E-state index contributed by atoms with van der Waals surface area (Å²) in [5, 5.41) is 7.47. The Labute approximate surface area is 117 Å². The predicted octanol–water partition coefficient (Wildman–Crippen LogP) is 4.08. The summed E-state index contributed by atoms with van der Waals surface area (Å²) in [6.45, 7) is 13.1. The third-order valence-corrected chi connectivity index (χ3v) is 4.10. The van der Waals surface area contributed by atoms with Gasteiger partial charge in [-0.25, -0.2) is 0 Å². The van der Waals surface area contributed by atoms with E-state index in [2.05, 4.69) is 53.7 Å². The van der Waals surface area contributed by atoms with Crippen molar-refractivity contribution in [2.24, 2.45) is 22.7 Å². The van der Waals surface area contributed by atoms with Crippen LogP contribution in [-0.2, 0) is 0 Å². The first-order chi connectivity index (χ1) is 8.80. The Morgan fingerprint density at radius 1 is 1.26 bits per heavy atom. The number of amidine groups is 1. The van der Waals surface area contributed by atoms with Crippen molar-refractivity contribution in [2.75, 3.05) is 0 Å². The first kappa shape index (κ1) is 15.7. The zero-order valence-corrected chi connectivity index (χ0v) is 13.0. The van der Waals surface area contributed by atoms with Gasteiger partial charge < -0.3 is 0 Å². The third kappa shape index (κ3) is 3.79. The second-order valence-corrected chi connectivity index (χ2v) is 6.16. The smallest absolute Gasteiger partial charge is 0.133 e. The van der Waals surface area contributed by atoms with Crippen LogP contribution in [0.15, 0.2) is 29.4 Å². The number of aliphatic imine (C=N–C) groups is 1. The number of hydrogen-bond acceptors (Lipinski definition) is 2. The summed E-state index contributed by atoms with van der Waals surface area (Å²) in [6.07, 6.45) is 9.55. The lowest BCUT2D eigenvalue weighted by Crippen LogP contribution is -2.36. The second-order valence-electron chi connectivity index (χ2n) is 6.16. The van der Waals surface area contributed by atoms with Crippen molar-refractivity contribution in [1.29, 1.82) is 5.41 Å². The van der Waals surface area contributed by atoms with Crippen LogP contribution in [0.1, 0.15) is 41.5 Å². The molecular weight excluding hydrogens is 234 g/mol. The molecule has 2 unspecified atom stereocenters. The number of nitrogens with one attached hydrogen (secondary N) is 1. The van der Waals surface area contributed by atoms with E-state index in [0.29, 0.717) is 17.8 Å². The van der Waals surface area contributed by atoms with Gasteiger partial charge in [0.1, 0.15) is 5.84 Å². The SMILES string of the molecule is CC(C)C(C)/C=C\C1=NC(C)(C(C)C)C=CN1C=N. The maximum atomic E-state index is 7.47. The summed E-state index contributed by atoms with van der Waals surface area (Å²) in [4.78, 5) is 6.57. The van der Waals surface area contributed by atoms with Crippen molar-refractivity contribution in [2.45, 2.75) is 47.1 Å². The maximum absolute atomic E-state index is 7.47. The van der Waals surface area contributed by atoms with Gasteiger partial charge in [-0.2, -0.15) is 0 Å². The highest BCUT2D eigenvalue weighted by Gasteiger charge is 2.28. The molecule has 0 fully saturated rings. The van der Waals surface area contributed by atoms with Crippen molar-refractivity contribution in [3.63, 3.8) is 0 Å². The van der Waals surface area contributed by atoms with E-state index < -0.39 is 0 Å². The lowest BCUT2D eigenvalue weighted by Gasteiger charge is -2.32. The molecule has 0 aliphatic carbocycles. The molecule has 19 heavy (non-hydrogen) atoms. The van der Waals surface area contributed by atoms with Crippen molar-refractivity contribution >= 4 is 12.2 Å². The van der Waals surface area contributed by atoms with E-state index in [4.69, 9.17) is 10.4 Å². The molecule has 106 valence electrons. The quantitative estimate of drug-likeness (QED) is 0.587. The van der Waals surface area contributed by atoms with Crippen LogP contribution < -0.4 is 0 Å². The molecule has 0 radical (unpaired) electrons. The van der Waals surface area contributed by atoms with Crippen LogP contribution in [0.5, 0.6) is 0 Å². The molecule has 0 aromatic rings. The first-order valence-electron chi connectivity index (χ1n) is 7.06. The van der Waals surface area contributed by atoms with E-state index in [0.717, 1.165) is 5.84 Å². The Balaban J connectivity index is 2.99. The van der Waals surface area contributed by atoms with Gasteiger partial charge in [-0.05, 0) is 36.8 Å². The minimum Gasteiger partial charge on any atom is -0.293 e. The Morgan fingerprint density at radius 3 is 2.37 bits per heavy atom. The first-order valence-corrected chi connectivity index (χ1v) is 7.06. The lowest BCUT2D eigenvalue weighted by molar-refractivity contribution is 0.410. The van der Waals surface area contributed by atoms with E-state index >= 15 is 0 Å². The monoisotopic (exact) mass is 261 g/mol. The minimum absolute atomic E-state index is 0.180. The molecule has 1 N–H and O–H groups in total. The molecule has 3 heteroatoms. The van der Waals surface area contributed by atoms with Crippen molar-refractivity contribution in [3.8, 4) is 0 Å². The standard InChI is InChI=1S/C16H27N3/c1-12(2)14(5)7-8-15-18-16(6,13(3)4)9-10-19(15)11-17/h7-14,17H,1-6H3/b8-7-,17-11?. The molecular formula is C16H27N3. The average Bonchev–Trinajstić information content (AvgIpc) is 2.35. The summed E-state index contributed by atoms with van der Waals surface area (Å²) >= 11 is 0. The molecule has 0 amide bonds. The van der Waals surface area contributed by atoms with Crippen LogP contribution in [0, 0.1) is 23.2 Å². The molecule has 0 spiro atoms. The van der Waals surface area contributed by atoms with Gasteiger partial charge in [0.25, 0.3) is 0 Å². The Bertz CT molecular complexity index is 404. The summed E-state index contributed by atoms with van der Waals surface area (Å²) < 4.78 is 0. The zero-order chi connectivity index (χ0) is 14.6. The Hall–Kier alpha value is -1.38. The van der Waals surface area contributed by atoms with E-state index in [1.165, 1.54) is 6.34 Å². The fourth-order valence-electron chi connectivity index (χ4n) is 1.66. The fraction of sp³-hybridized carbons (Fsp3) is 0.625. The van der Waals surface area contributed by atoms with Crippen molar-refractivity contribution < 1.29 is 0 Å². The van der Waals surface area contributed by atoms with E-state index in [1.807, 2.05) is 12.3 Å². The minimum atomic E-state index is -0.180. The molecule has 1 aliphatic rings. The molecule has 1 heterocycles. The van der Waals surface area contributed by atoms with Crippen LogP contribution in [0.4, 0.5) is 0 Å². The molecule has 1 rings (SSSR count). The molecule has 0 saturated carbocycles. The van der Waals surface area contributed by atoms with Crippen LogP contribution in [0.2, 0.25) is 0 Å². The van der Waals surface area contributed by atoms with Crippen LogP contribution in [0.25, 0.3) is 0 Å². The maximum Gasteiger partial charge on any atom is 0.133 e. The van der Waals surface area contributed by atoms with Gasteiger partial charge in [-0.15, -0.1) is 0 Å². The van der Waals surface area contributed by atoms with Gasteiger partial charge in [-0.1, -0.05) is 40.7 Å². The van der Waals surface area contributed by atoms with Gasteiger partial charge >= 0.3 is 0 Å². The Morgan fingerprint density at radius 2 is 1.89 bits per heavy atom. The third-order valence-electron chi connectivity index (χ3n) is 4.10. The normalized spacial score (nSPS) is 25.3. The van der Waals surface area contributed by atoms with Crippen LogP contribution in [-0.4, -0.2) is 22.6 Å². The molecule has 2 atom stereocenters. The largest absolute Gasteiger partial charge is 0.293 e. The topological polar surface area (TPSA) is 39.5 Å². The molecule has 0 aromatic heterocycles. The van der Waals surface area contributed by atoms with Gasteiger partial charge in [0, 0.05) is 6.20 Å². The Kier molecular flexibility index (Phi) is 5.10. The average molecular weight is 261 g/mol. The number of allylic oxidation sites excluding steroid dienone is 1. The van der Waals surface area contributed by atoms with Crippen molar-refractivity contribution in [3.05, 3.63) is 24.4 Å². The van der Waals surface area contributed by atoms with Gasteiger partial charge in [-0.3, -0.25) is 15.3 Å². The number of nitrogens with zero attached hydrogens (tertiary/aromatic N) is 2. The molecule has 3 nitrogen and oxygen atoms in total. The summed E-state index contributed by atoms with van der Waals surface area (Å²) in [5.74, 6) is 2.40. The van der Waals surface area contributed by atoms with Gasteiger partial charge in [0.05, 0.1) is 11.9 Å². The van der Waals surface area contributed by atoms with Crippen LogP contribution >= 0.6 is 0 Å².